The SMILES string of the molecule is COc1ccc(N(C)c2cc(CN)ccn2)cc1. The third kappa shape index (κ3) is 2.60. The van der Waals surface area contributed by atoms with Gasteiger partial charge in [-0.2, -0.15) is 0 Å². The van der Waals surface area contributed by atoms with Gasteiger partial charge in [0.1, 0.15) is 11.6 Å². The van der Waals surface area contributed by atoms with Gasteiger partial charge in [0.05, 0.1) is 7.11 Å². The lowest BCUT2D eigenvalue weighted by atomic mass is 10.2. The van der Waals surface area contributed by atoms with Gasteiger partial charge in [-0.3, -0.25) is 0 Å². The Bertz CT molecular complexity index is 511. The highest BCUT2D eigenvalue weighted by atomic mass is 16.5. The number of rotatable bonds is 4. The number of nitrogens with two attached hydrogens (primary N) is 1. The van der Waals surface area contributed by atoms with Crippen LogP contribution in [0, 0.1) is 0 Å². The summed E-state index contributed by atoms with van der Waals surface area (Å²) in [6, 6.07) is 11.8. The standard InChI is InChI=1S/C14H17N3O/c1-17(12-3-5-13(18-2)6-4-12)14-9-11(10-15)7-8-16-14/h3-9H,10,15H2,1-2H3. The van der Waals surface area contributed by atoms with Crippen LogP contribution in [0.15, 0.2) is 42.6 Å². The van der Waals surface area contributed by atoms with E-state index in [1.165, 1.54) is 0 Å². The van der Waals surface area contributed by atoms with Gasteiger partial charge in [-0.1, -0.05) is 0 Å². The molecule has 0 fully saturated rings. The van der Waals surface area contributed by atoms with Crippen LogP contribution in [0.5, 0.6) is 5.75 Å². The quantitative estimate of drug-likeness (QED) is 0.895. The van der Waals surface area contributed by atoms with Crippen molar-refractivity contribution in [3.63, 3.8) is 0 Å². The van der Waals surface area contributed by atoms with Crippen LogP contribution >= 0.6 is 0 Å². The minimum atomic E-state index is 0.520. The predicted molar refractivity (Wildman–Crippen MR) is 73.2 cm³/mol. The topological polar surface area (TPSA) is 51.4 Å². The van der Waals surface area contributed by atoms with Crippen LogP contribution in [0.3, 0.4) is 0 Å². The maximum Gasteiger partial charge on any atom is 0.132 e. The molecule has 0 amide bonds. The van der Waals surface area contributed by atoms with Crippen LogP contribution in [0.25, 0.3) is 0 Å². The summed E-state index contributed by atoms with van der Waals surface area (Å²) in [5.41, 5.74) is 7.76. The molecule has 0 saturated carbocycles. The van der Waals surface area contributed by atoms with Crippen molar-refractivity contribution in [2.75, 3.05) is 19.1 Å². The number of benzene rings is 1. The van der Waals surface area contributed by atoms with Crippen molar-refractivity contribution >= 4 is 11.5 Å². The zero-order valence-electron chi connectivity index (χ0n) is 10.6. The molecular formula is C14H17N3O. The summed E-state index contributed by atoms with van der Waals surface area (Å²) in [5, 5.41) is 0. The lowest BCUT2D eigenvalue weighted by molar-refractivity contribution is 0.415. The van der Waals surface area contributed by atoms with E-state index < -0.39 is 0 Å². The predicted octanol–water partition coefficient (Wildman–Crippen LogP) is 2.32. The van der Waals surface area contributed by atoms with Crippen LogP contribution in [-0.4, -0.2) is 19.1 Å². The molecule has 0 unspecified atom stereocenters. The molecule has 0 atom stereocenters. The average Bonchev–Trinajstić information content (AvgIpc) is 2.46. The molecule has 2 aromatic rings. The molecule has 94 valence electrons. The molecule has 4 heteroatoms. The normalized spacial score (nSPS) is 10.2. The van der Waals surface area contributed by atoms with E-state index in [4.69, 9.17) is 10.5 Å². The lowest BCUT2D eigenvalue weighted by Gasteiger charge is -2.19. The Morgan fingerprint density at radius 2 is 1.94 bits per heavy atom. The van der Waals surface area contributed by atoms with E-state index in [9.17, 15) is 0 Å². The number of ether oxygens (including phenoxy) is 1. The summed E-state index contributed by atoms with van der Waals surface area (Å²) in [6.45, 7) is 0.520. The number of hydrogen-bond donors (Lipinski definition) is 1. The second-order valence-electron chi connectivity index (χ2n) is 3.98. The van der Waals surface area contributed by atoms with E-state index in [-0.39, 0.29) is 0 Å². The van der Waals surface area contributed by atoms with Gasteiger partial charge in [-0.05, 0) is 42.0 Å². The van der Waals surface area contributed by atoms with Crippen molar-refractivity contribution in [3.05, 3.63) is 48.2 Å². The van der Waals surface area contributed by atoms with Gasteiger partial charge in [-0.25, -0.2) is 4.98 Å². The molecule has 4 nitrogen and oxygen atoms in total. The molecule has 0 aliphatic heterocycles. The summed E-state index contributed by atoms with van der Waals surface area (Å²) in [6.07, 6.45) is 1.78. The fourth-order valence-corrected chi connectivity index (χ4v) is 1.71. The summed E-state index contributed by atoms with van der Waals surface area (Å²) < 4.78 is 5.14. The molecule has 0 saturated heterocycles. The van der Waals surface area contributed by atoms with E-state index in [2.05, 4.69) is 4.98 Å². The lowest BCUT2D eigenvalue weighted by Crippen LogP contribution is -2.11. The van der Waals surface area contributed by atoms with Gasteiger partial charge >= 0.3 is 0 Å². The third-order valence-electron chi connectivity index (χ3n) is 2.85. The van der Waals surface area contributed by atoms with Crippen LogP contribution in [0.2, 0.25) is 0 Å². The summed E-state index contributed by atoms with van der Waals surface area (Å²) in [7, 11) is 3.63. The number of hydrogen-bond acceptors (Lipinski definition) is 4. The van der Waals surface area contributed by atoms with Gasteiger partial charge in [0, 0.05) is 25.5 Å². The highest BCUT2D eigenvalue weighted by molar-refractivity contribution is 5.60. The third-order valence-corrected chi connectivity index (χ3v) is 2.85. The molecule has 0 aliphatic carbocycles. The Labute approximate surface area is 107 Å². The Morgan fingerprint density at radius 3 is 2.56 bits per heavy atom. The maximum absolute atomic E-state index is 5.63. The zero-order chi connectivity index (χ0) is 13.0. The Morgan fingerprint density at radius 1 is 1.22 bits per heavy atom. The molecule has 2 N–H and O–H groups in total. The largest absolute Gasteiger partial charge is 0.497 e. The van der Waals surface area contributed by atoms with Gasteiger partial charge in [-0.15, -0.1) is 0 Å². The van der Waals surface area contributed by atoms with E-state index in [0.29, 0.717) is 6.54 Å². The van der Waals surface area contributed by atoms with Crippen LogP contribution in [-0.2, 0) is 6.54 Å². The molecule has 18 heavy (non-hydrogen) atoms. The molecule has 0 radical (unpaired) electrons. The van der Waals surface area contributed by atoms with Gasteiger partial charge < -0.3 is 15.4 Å². The fraction of sp³-hybridized carbons (Fsp3) is 0.214. The first-order chi connectivity index (χ1) is 8.74. The first kappa shape index (κ1) is 12.4. The minimum Gasteiger partial charge on any atom is -0.497 e. The van der Waals surface area contributed by atoms with Gasteiger partial charge in [0.15, 0.2) is 0 Å². The van der Waals surface area contributed by atoms with E-state index >= 15 is 0 Å². The number of methoxy groups -OCH3 is 1. The highest BCUT2D eigenvalue weighted by Gasteiger charge is 2.05. The van der Waals surface area contributed by atoms with Crippen molar-refractivity contribution < 1.29 is 4.74 Å². The van der Waals surface area contributed by atoms with Crippen LogP contribution in [0.1, 0.15) is 5.56 Å². The second-order valence-corrected chi connectivity index (χ2v) is 3.98. The molecule has 1 aromatic heterocycles. The zero-order valence-corrected chi connectivity index (χ0v) is 10.6. The minimum absolute atomic E-state index is 0.520. The smallest absolute Gasteiger partial charge is 0.132 e. The van der Waals surface area contributed by atoms with Crippen molar-refractivity contribution in [2.24, 2.45) is 5.73 Å². The average molecular weight is 243 g/mol. The summed E-state index contributed by atoms with van der Waals surface area (Å²) in [4.78, 5) is 6.36. The van der Waals surface area contributed by atoms with Crippen molar-refractivity contribution in [1.29, 1.82) is 0 Å². The van der Waals surface area contributed by atoms with Crippen molar-refractivity contribution in [2.45, 2.75) is 6.54 Å². The van der Waals surface area contributed by atoms with E-state index in [1.807, 2.05) is 48.3 Å². The molecule has 1 heterocycles. The van der Waals surface area contributed by atoms with Gasteiger partial charge in [0.25, 0.3) is 0 Å². The van der Waals surface area contributed by atoms with Crippen LogP contribution < -0.4 is 15.4 Å². The monoisotopic (exact) mass is 243 g/mol. The number of nitrogens with zero attached hydrogens (tertiary/aromatic N) is 2. The number of anilines is 2. The Kier molecular flexibility index (Phi) is 3.79. The summed E-state index contributed by atoms with van der Waals surface area (Å²) in [5.74, 6) is 1.72. The molecule has 0 spiro atoms. The first-order valence-electron chi connectivity index (χ1n) is 5.77. The molecule has 0 bridgehead atoms. The van der Waals surface area contributed by atoms with E-state index in [0.717, 1.165) is 22.8 Å². The van der Waals surface area contributed by atoms with Gasteiger partial charge in [0.2, 0.25) is 0 Å². The number of aromatic nitrogens is 1. The number of pyridine rings is 1. The second kappa shape index (κ2) is 5.51. The molecule has 1 aromatic carbocycles. The molecule has 0 aliphatic rings. The van der Waals surface area contributed by atoms with Crippen molar-refractivity contribution in [1.82, 2.24) is 4.98 Å². The summed E-state index contributed by atoms with van der Waals surface area (Å²) >= 11 is 0. The maximum atomic E-state index is 5.63. The Balaban J connectivity index is 2.25. The first-order valence-corrected chi connectivity index (χ1v) is 5.77. The fourth-order valence-electron chi connectivity index (χ4n) is 1.71. The van der Waals surface area contributed by atoms with E-state index in [1.54, 1.807) is 13.3 Å². The highest BCUT2D eigenvalue weighted by Crippen LogP contribution is 2.24. The van der Waals surface area contributed by atoms with Crippen molar-refractivity contribution in [3.8, 4) is 5.75 Å². The molecule has 2 rings (SSSR count). The molecular weight excluding hydrogens is 226 g/mol. The van der Waals surface area contributed by atoms with Crippen LogP contribution in [0.4, 0.5) is 11.5 Å². The Hall–Kier alpha value is -2.07.